The van der Waals surface area contributed by atoms with Gasteiger partial charge in [-0.15, -0.1) is 0 Å². The number of nitrogens with zero attached hydrogens (tertiary/aromatic N) is 4. The summed E-state index contributed by atoms with van der Waals surface area (Å²) >= 11 is 1.23. The molecule has 0 unspecified atom stereocenters. The fraction of sp³-hybridized carbons (Fsp3) is 0.333. The molecule has 0 radical (unpaired) electrons. The van der Waals surface area contributed by atoms with Gasteiger partial charge in [0.15, 0.2) is 11.6 Å². The van der Waals surface area contributed by atoms with Crippen molar-refractivity contribution in [3.63, 3.8) is 0 Å². The lowest BCUT2D eigenvalue weighted by atomic mass is 10.1. The van der Waals surface area contributed by atoms with E-state index in [1.54, 1.807) is 30.1 Å². The average Bonchev–Trinajstić information content (AvgIpc) is 3.24. The Morgan fingerprint density at radius 3 is 2.63 bits per heavy atom. The molecular formula is C21H22F2N6S. The number of rotatable bonds is 3. The third kappa shape index (κ3) is 3.37. The molecule has 1 aliphatic heterocycles. The Bertz CT molecular complexity index is 1240. The van der Waals surface area contributed by atoms with E-state index in [-0.39, 0.29) is 5.82 Å². The summed E-state index contributed by atoms with van der Waals surface area (Å²) < 4.78 is 36.2. The molecule has 2 aromatic heterocycles. The summed E-state index contributed by atoms with van der Waals surface area (Å²) in [5, 5.41) is 11.8. The SMILES string of the molecule is C[C@H]1CN(c2cc(F)c3c(Nc4cc(F)c5nn(C)cc5c4)nsc3c2)C[C@H](C)N1. The van der Waals surface area contributed by atoms with Crippen molar-refractivity contribution in [2.45, 2.75) is 25.9 Å². The minimum atomic E-state index is -0.431. The zero-order chi connectivity index (χ0) is 21.0. The van der Waals surface area contributed by atoms with Crippen molar-refractivity contribution >= 4 is 49.7 Å². The summed E-state index contributed by atoms with van der Waals surface area (Å²) in [6.45, 7) is 5.90. The lowest BCUT2D eigenvalue weighted by molar-refractivity contribution is 0.407. The van der Waals surface area contributed by atoms with Crippen molar-refractivity contribution in [2.75, 3.05) is 23.3 Å². The standard InChI is InChI=1S/C21H22F2N6S/c1-11-8-29(9-12(2)24-11)15-6-16(22)19-18(7-15)30-27-21(19)25-14-4-13-10-28(3)26-20(13)17(23)5-14/h4-7,10-12,24H,8-9H2,1-3H3,(H,25,27)/t11-,12-/m0/s1. The lowest BCUT2D eigenvalue weighted by Gasteiger charge is -2.37. The second-order valence-corrected chi connectivity index (χ2v) is 8.83. The van der Waals surface area contributed by atoms with Gasteiger partial charge in [-0.05, 0) is 49.6 Å². The van der Waals surface area contributed by atoms with Crippen molar-refractivity contribution in [3.05, 3.63) is 42.1 Å². The van der Waals surface area contributed by atoms with Gasteiger partial charge in [-0.2, -0.15) is 9.47 Å². The Morgan fingerprint density at radius 2 is 1.87 bits per heavy atom. The molecule has 2 atom stereocenters. The topological polar surface area (TPSA) is 58.0 Å². The number of halogens is 2. The quantitative estimate of drug-likeness (QED) is 0.507. The van der Waals surface area contributed by atoms with E-state index in [2.05, 4.69) is 38.9 Å². The molecule has 0 spiro atoms. The largest absolute Gasteiger partial charge is 0.368 e. The first-order valence-electron chi connectivity index (χ1n) is 9.87. The van der Waals surface area contributed by atoms with Crippen LogP contribution < -0.4 is 15.5 Å². The van der Waals surface area contributed by atoms with Crippen LogP contribution >= 0.6 is 11.5 Å². The van der Waals surface area contributed by atoms with Gasteiger partial charge in [-0.1, -0.05) is 0 Å². The van der Waals surface area contributed by atoms with Gasteiger partial charge in [-0.3, -0.25) is 4.68 Å². The van der Waals surface area contributed by atoms with Crippen LogP contribution in [0.1, 0.15) is 13.8 Å². The lowest BCUT2D eigenvalue weighted by Crippen LogP contribution is -2.54. The summed E-state index contributed by atoms with van der Waals surface area (Å²) in [4.78, 5) is 2.20. The van der Waals surface area contributed by atoms with Crippen LogP contribution in [0.15, 0.2) is 30.5 Å². The summed E-state index contributed by atoms with van der Waals surface area (Å²) in [6, 6.07) is 7.36. The Kier molecular flexibility index (Phi) is 4.59. The van der Waals surface area contributed by atoms with Crippen LogP contribution in [0, 0.1) is 11.6 Å². The van der Waals surface area contributed by atoms with Gasteiger partial charge in [-0.25, -0.2) is 8.78 Å². The number of nitrogens with one attached hydrogen (secondary N) is 2. The summed E-state index contributed by atoms with van der Waals surface area (Å²) in [5.74, 6) is -0.371. The maximum atomic E-state index is 15.1. The fourth-order valence-electron chi connectivity index (χ4n) is 4.24. The van der Waals surface area contributed by atoms with Crippen molar-refractivity contribution in [1.29, 1.82) is 0 Å². The van der Waals surface area contributed by atoms with Crippen LogP contribution in [0.5, 0.6) is 0 Å². The number of aryl methyl sites for hydroxylation is 1. The number of benzene rings is 2. The maximum Gasteiger partial charge on any atom is 0.154 e. The summed E-state index contributed by atoms with van der Waals surface area (Å²) in [7, 11) is 1.74. The number of anilines is 3. The third-order valence-corrected chi connectivity index (χ3v) is 6.17. The van der Waals surface area contributed by atoms with Crippen LogP contribution in [0.3, 0.4) is 0 Å². The first kappa shape index (κ1) is 19.2. The summed E-state index contributed by atoms with van der Waals surface area (Å²) in [5.41, 5.74) is 1.67. The van der Waals surface area contributed by atoms with Gasteiger partial charge >= 0.3 is 0 Å². The summed E-state index contributed by atoms with van der Waals surface area (Å²) in [6.07, 6.45) is 1.74. The molecule has 9 heteroatoms. The Hall–Kier alpha value is -2.78. The fourth-order valence-corrected chi connectivity index (χ4v) is 5.02. The first-order chi connectivity index (χ1) is 14.4. The zero-order valence-electron chi connectivity index (χ0n) is 16.9. The molecule has 156 valence electrons. The minimum Gasteiger partial charge on any atom is -0.368 e. The Morgan fingerprint density at radius 1 is 1.10 bits per heavy atom. The molecule has 3 heterocycles. The number of aromatic nitrogens is 3. The van der Waals surface area contributed by atoms with E-state index < -0.39 is 5.82 Å². The molecule has 30 heavy (non-hydrogen) atoms. The molecular weight excluding hydrogens is 406 g/mol. The molecule has 4 aromatic rings. The van der Waals surface area contributed by atoms with Crippen molar-refractivity contribution in [1.82, 2.24) is 19.5 Å². The van der Waals surface area contributed by atoms with Gasteiger partial charge < -0.3 is 15.5 Å². The number of piperazine rings is 1. The molecule has 1 saturated heterocycles. The molecule has 0 aliphatic carbocycles. The molecule has 2 N–H and O–H groups in total. The van der Waals surface area contributed by atoms with Gasteiger partial charge in [0.05, 0.1) is 10.1 Å². The van der Waals surface area contributed by atoms with Gasteiger partial charge in [0, 0.05) is 55.2 Å². The van der Waals surface area contributed by atoms with E-state index in [9.17, 15) is 4.39 Å². The molecule has 1 fully saturated rings. The maximum absolute atomic E-state index is 15.1. The highest BCUT2D eigenvalue weighted by atomic mass is 32.1. The van der Waals surface area contributed by atoms with Gasteiger partial charge in [0.25, 0.3) is 0 Å². The molecule has 6 nitrogen and oxygen atoms in total. The van der Waals surface area contributed by atoms with E-state index in [1.165, 1.54) is 17.6 Å². The van der Waals surface area contributed by atoms with E-state index >= 15 is 4.39 Å². The number of hydrogen-bond acceptors (Lipinski definition) is 6. The first-order valence-corrected chi connectivity index (χ1v) is 10.6. The van der Waals surface area contributed by atoms with E-state index in [0.717, 1.165) is 23.5 Å². The number of fused-ring (bicyclic) bond motifs is 2. The molecule has 2 aromatic carbocycles. The molecule has 0 saturated carbocycles. The average molecular weight is 429 g/mol. The highest BCUT2D eigenvalue weighted by Crippen LogP contribution is 2.36. The van der Waals surface area contributed by atoms with Crippen LogP contribution in [-0.4, -0.2) is 39.3 Å². The molecule has 0 amide bonds. The van der Waals surface area contributed by atoms with Crippen LogP contribution in [-0.2, 0) is 7.05 Å². The predicted molar refractivity (Wildman–Crippen MR) is 118 cm³/mol. The van der Waals surface area contributed by atoms with E-state index in [0.29, 0.717) is 39.9 Å². The Balaban J connectivity index is 1.49. The number of hydrogen-bond donors (Lipinski definition) is 2. The molecule has 5 rings (SSSR count). The second-order valence-electron chi connectivity index (χ2n) is 8.03. The predicted octanol–water partition coefficient (Wildman–Crippen LogP) is 4.39. The smallest absolute Gasteiger partial charge is 0.154 e. The monoisotopic (exact) mass is 428 g/mol. The minimum absolute atomic E-state index is 0.307. The van der Waals surface area contributed by atoms with Gasteiger partial charge in [0.1, 0.15) is 11.3 Å². The van der Waals surface area contributed by atoms with Crippen LogP contribution in [0.25, 0.3) is 21.0 Å². The highest BCUT2D eigenvalue weighted by Gasteiger charge is 2.23. The Labute approximate surface area is 176 Å². The van der Waals surface area contributed by atoms with Crippen molar-refractivity contribution in [3.8, 4) is 0 Å². The van der Waals surface area contributed by atoms with E-state index in [4.69, 9.17) is 0 Å². The van der Waals surface area contributed by atoms with Crippen molar-refractivity contribution in [2.24, 2.45) is 7.05 Å². The highest BCUT2D eigenvalue weighted by molar-refractivity contribution is 7.13. The zero-order valence-corrected chi connectivity index (χ0v) is 17.7. The van der Waals surface area contributed by atoms with Crippen LogP contribution in [0.2, 0.25) is 0 Å². The normalized spacial score (nSPS) is 19.7. The third-order valence-electron chi connectivity index (χ3n) is 5.37. The van der Waals surface area contributed by atoms with E-state index in [1.807, 2.05) is 6.07 Å². The molecule has 1 aliphatic rings. The van der Waals surface area contributed by atoms with Gasteiger partial charge in [0.2, 0.25) is 0 Å². The second kappa shape index (κ2) is 7.17. The van der Waals surface area contributed by atoms with Crippen molar-refractivity contribution < 1.29 is 8.78 Å². The van der Waals surface area contributed by atoms with Crippen LogP contribution in [0.4, 0.5) is 26.0 Å². The molecule has 0 bridgehead atoms.